The molecule has 15 heavy (non-hydrogen) atoms. The molecule has 0 rings (SSSR count). The van der Waals surface area contributed by atoms with Crippen molar-refractivity contribution in [3.05, 3.63) is 0 Å². The third-order valence-corrected chi connectivity index (χ3v) is 1.91. The molecule has 0 amide bonds. The van der Waals surface area contributed by atoms with Gasteiger partial charge in [-0.1, -0.05) is 32.1 Å². The van der Waals surface area contributed by atoms with Crippen LogP contribution in [0.3, 0.4) is 0 Å². The number of unbranched alkanes of at least 4 members (excludes halogenated alkanes) is 6. The standard InChI is InChI=1S/C9H22N2.C3H9N/c10-8-6-4-2-1-3-5-7-9-11;1-4(2)3/h1-11H2;1-3H3. The Bertz CT molecular complexity index is 84.1. The lowest BCUT2D eigenvalue weighted by Crippen LogP contribution is -1.99. The first-order valence-corrected chi connectivity index (χ1v) is 6.16. The molecule has 0 aliphatic rings. The molecule has 0 aromatic heterocycles. The Morgan fingerprint density at radius 1 is 0.600 bits per heavy atom. The molecule has 0 bridgehead atoms. The summed E-state index contributed by atoms with van der Waals surface area (Å²) in [6, 6.07) is 0. The van der Waals surface area contributed by atoms with Crippen LogP contribution in [0, 0.1) is 0 Å². The molecule has 0 spiro atoms. The van der Waals surface area contributed by atoms with Gasteiger partial charge in [0.05, 0.1) is 0 Å². The molecular weight excluding hydrogens is 186 g/mol. The average molecular weight is 217 g/mol. The van der Waals surface area contributed by atoms with Crippen molar-refractivity contribution in [1.29, 1.82) is 0 Å². The van der Waals surface area contributed by atoms with Crippen LogP contribution in [0.2, 0.25) is 0 Å². The normalized spacial score (nSPS) is 10.0. The zero-order chi connectivity index (χ0) is 11.9. The predicted molar refractivity (Wildman–Crippen MR) is 70.0 cm³/mol. The van der Waals surface area contributed by atoms with Gasteiger partial charge in [-0.2, -0.15) is 0 Å². The summed E-state index contributed by atoms with van der Waals surface area (Å²) in [7, 11) is 6.00. The van der Waals surface area contributed by atoms with Gasteiger partial charge >= 0.3 is 0 Å². The minimum absolute atomic E-state index is 0.850. The van der Waals surface area contributed by atoms with E-state index in [9.17, 15) is 0 Å². The van der Waals surface area contributed by atoms with Crippen molar-refractivity contribution in [1.82, 2.24) is 4.90 Å². The molecule has 3 heteroatoms. The second-order valence-electron chi connectivity index (χ2n) is 4.39. The van der Waals surface area contributed by atoms with Crippen molar-refractivity contribution in [2.45, 2.75) is 44.9 Å². The van der Waals surface area contributed by atoms with Crippen LogP contribution in [0.25, 0.3) is 0 Å². The number of hydrogen-bond donors (Lipinski definition) is 2. The largest absolute Gasteiger partial charge is 0.330 e. The fourth-order valence-corrected chi connectivity index (χ4v) is 1.17. The Morgan fingerprint density at radius 3 is 1.00 bits per heavy atom. The SMILES string of the molecule is CN(C)C.NCCCCCCCCCN. The fourth-order valence-electron chi connectivity index (χ4n) is 1.17. The van der Waals surface area contributed by atoms with Gasteiger partial charge in [0.15, 0.2) is 0 Å². The smallest absolute Gasteiger partial charge is 0.00773 e. The van der Waals surface area contributed by atoms with Crippen molar-refractivity contribution in [2.24, 2.45) is 11.5 Å². The van der Waals surface area contributed by atoms with Crippen LogP contribution in [0.1, 0.15) is 44.9 Å². The van der Waals surface area contributed by atoms with E-state index in [2.05, 4.69) is 0 Å². The van der Waals surface area contributed by atoms with Gasteiger partial charge in [0, 0.05) is 0 Å². The summed E-state index contributed by atoms with van der Waals surface area (Å²) in [5.41, 5.74) is 10.7. The van der Waals surface area contributed by atoms with E-state index < -0.39 is 0 Å². The Morgan fingerprint density at radius 2 is 0.800 bits per heavy atom. The van der Waals surface area contributed by atoms with Crippen LogP contribution in [-0.4, -0.2) is 39.1 Å². The molecule has 0 saturated heterocycles. The molecule has 0 aromatic rings. The zero-order valence-electron chi connectivity index (χ0n) is 11.0. The first-order valence-electron chi connectivity index (χ1n) is 6.16. The molecule has 0 fully saturated rings. The van der Waals surface area contributed by atoms with E-state index in [-0.39, 0.29) is 0 Å². The van der Waals surface area contributed by atoms with E-state index in [1.807, 2.05) is 26.0 Å². The van der Waals surface area contributed by atoms with E-state index in [0.717, 1.165) is 13.1 Å². The van der Waals surface area contributed by atoms with Crippen LogP contribution >= 0.6 is 0 Å². The van der Waals surface area contributed by atoms with Gasteiger partial charge in [-0.25, -0.2) is 0 Å². The highest BCUT2D eigenvalue weighted by Gasteiger charge is 1.89. The highest BCUT2D eigenvalue weighted by atomic mass is 15.0. The molecule has 0 aliphatic carbocycles. The van der Waals surface area contributed by atoms with Gasteiger partial charge in [0.2, 0.25) is 0 Å². The molecule has 0 heterocycles. The summed E-state index contributed by atoms with van der Waals surface area (Å²) in [5.74, 6) is 0. The molecule has 0 unspecified atom stereocenters. The van der Waals surface area contributed by atoms with E-state index in [4.69, 9.17) is 11.5 Å². The summed E-state index contributed by atoms with van der Waals surface area (Å²) >= 11 is 0. The lowest BCUT2D eigenvalue weighted by Gasteiger charge is -1.99. The van der Waals surface area contributed by atoms with E-state index in [1.165, 1.54) is 44.9 Å². The summed E-state index contributed by atoms with van der Waals surface area (Å²) in [6.45, 7) is 1.70. The van der Waals surface area contributed by atoms with Crippen molar-refractivity contribution in [3.63, 3.8) is 0 Å². The topological polar surface area (TPSA) is 55.3 Å². The second kappa shape index (κ2) is 16.3. The molecule has 3 nitrogen and oxygen atoms in total. The molecular formula is C12H31N3. The Balaban J connectivity index is 0. The van der Waals surface area contributed by atoms with E-state index in [1.54, 1.807) is 0 Å². The molecule has 0 aliphatic heterocycles. The van der Waals surface area contributed by atoms with Crippen molar-refractivity contribution >= 4 is 0 Å². The lowest BCUT2D eigenvalue weighted by atomic mass is 10.1. The number of nitrogens with two attached hydrogens (primary N) is 2. The minimum Gasteiger partial charge on any atom is -0.330 e. The third kappa shape index (κ3) is 31.5. The van der Waals surface area contributed by atoms with Crippen LogP contribution in [0.15, 0.2) is 0 Å². The van der Waals surface area contributed by atoms with E-state index in [0.29, 0.717) is 0 Å². The Labute approximate surface area is 96.2 Å². The van der Waals surface area contributed by atoms with Gasteiger partial charge in [-0.05, 0) is 47.1 Å². The van der Waals surface area contributed by atoms with Crippen molar-refractivity contribution < 1.29 is 0 Å². The summed E-state index contributed by atoms with van der Waals surface area (Å²) in [4.78, 5) is 2.00. The zero-order valence-corrected chi connectivity index (χ0v) is 11.0. The Kier molecular flexibility index (Phi) is 18.8. The molecule has 0 radical (unpaired) electrons. The molecule has 0 atom stereocenters. The first kappa shape index (κ1) is 17.3. The van der Waals surface area contributed by atoms with Gasteiger partial charge < -0.3 is 16.4 Å². The monoisotopic (exact) mass is 217 g/mol. The van der Waals surface area contributed by atoms with Gasteiger partial charge in [0.25, 0.3) is 0 Å². The molecule has 94 valence electrons. The number of rotatable bonds is 8. The van der Waals surface area contributed by atoms with E-state index >= 15 is 0 Å². The number of nitrogens with zero attached hydrogens (tertiary/aromatic N) is 1. The highest BCUT2D eigenvalue weighted by Crippen LogP contribution is 2.05. The van der Waals surface area contributed by atoms with Crippen molar-refractivity contribution in [2.75, 3.05) is 34.2 Å². The number of hydrogen-bond acceptors (Lipinski definition) is 3. The Hall–Kier alpha value is -0.120. The average Bonchev–Trinajstić information content (AvgIpc) is 2.16. The van der Waals surface area contributed by atoms with Gasteiger partial charge in [-0.15, -0.1) is 0 Å². The maximum Gasteiger partial charge on any atom is -0.00773 e. The fraction of sp³-hybridized carbons (Fsp3) is 1.00. The highest BCUT2D eigenvalue weighted by molar-refractivity contribution is 4.46. The quantitative estimate of drug-likeness (QED) is 0.610. The lowest BCUT2D eigenvalue weighted by molar-refractivity contribution is 0.505. The first-order chi connectivity index (χ1) is 7.15. The minimum atomic E-state index is 0.850. The third-order valence-electron chi connectivity index (χ3n) is 1.91. The summed E-state index contributed by atoms with van der Waals surface area (Å²) in [6.07, 6.45) is 9.05. The predicted octanol–water partition coefficient (Wildman–Crippen LogP) is 1.81. The summed E-state index contributed by atoms with van der Waals surface area (Å²) in [5, 5.41) is 0. The van der Waals surface area contributed by atoms with Gasteiger partial charge in [-0.3, -0.25) is 0 Å². The van der Waals surface area contributed by atoms with Crippen LogP contribution < -0.4 is 11.5 Å². The van der Waals surface area contributed by atoms with Gasteiger partial charge in [0.1, 0.15) is 0 Å². The molecule has 0 aromatic carbocycles. The maximum absolute atomic E-state index is 5.37. The van der Waals surface area contributed by atoms with Crippen molar-refractivity contribution in [3.8, 4) is 0 Å². The van der Waals surface area contributed by atoms with Crippen LogP contribution in [-0.2, 0) is 0 Å². The molecule has 4 N–H and O–H groups in total. The summed E-state index contributed by atoms with van der Waals surface area (Å²) < 4.78 is 0. The van der Waals surface area contributed by atoms with Crippen LogP contribution in [0.4, 0.5) is 0 Å². The van der Waals surface area contributed by atoms with Crippen LogP contribution in [0.5, 0.6) is 0 Å². The maximum atomic E-state index is 5.37. The second-order valence-corrected chi connectivity index (χ2v) is 4.39. The molecule has 0 saturated carbocycles.